The maximum Gasteiger partial charge on any atom is 0.147 e. The van der Waals surface area contributed by atoms with E-state index in [9.17, 15) is 8.42 Å². The molecule has 0 aliphatic heterocycles. The Balaban J connectivity index is 1.89. The van der Waals surface area contributed by atoms with E-state index in [1.807, 2.05) is 0 Å². The summed E-state index contributed by atoms with van der Waals surface area (Å²) in [6.07, 6.45) is 8.89. The zero-order chi connectivity index (χ0) is 11.1. The molecule has 15 heavy (non-hydrogen) atoms. The maximum atomic E-state index is 10.8. The highest BCUT2D eigenvalue weighted by molar-refractivity contribution is 7.90. The van der Waals surface area contributed by atoms with Crippen molar-refractivity contribution in [1.82, 2.24) is 5.32 Å². The molecule has 0 unspecified atom stereocenters. The van der Waals surface area contributed by atoms with Gasteiger partial charge in [-0.2, -0.15) is 0 Å². The van der Waals surface area contributed by atoms with Crippen LogP contribution < -0.4 is 5.32 Å². The van der Waals surface area contributed by atoms with Gasteiger partial charge in [0.2, 0.25) is 0 Å². The second kappa shape index (κ2) is 6.48. The zero-order valence-electron chi connectivity index (χ0n) is 9.67. The van der Waals surface area contributed by atoms with Crippen molar-refractivity contribution in [3.8, 4) is 0 Å². The fourth-order valence-corrected chi connectivity index (χ4v) is 2.86. The van der Waals surface area contributed by atoms with Crippen LogP contribution in [0.2, 0.25) is 0 Å². The van der Waals surface area contributed by atoms with E-state index in [1.165, 1.54) is 38.4 Å². The van der Waals surface area contributed by atoms with Crippen molar-refractivity contribution in [2.45, 2.75) is 38.5 Å². The first-order valence-corrected chi connectivity index (χ1v) is 8.02. The van der Waals surface area contributed by atoms with Crippen LogP contribution in [0.5, 0.6) is 0 Å². The van der Waals surface area contributed by atoms with E-state index in [4.69, 9.17) is 0 Å². The molecular formula is C11H23NO2S. The highest BCUT2D eigenvalue weighted by atomic mass is 32.2. The van der Waals surface area contributed by atoms with Gasteiger partial charge in [0.05, 0.1) is 5.75 Å². The van der Waals surface area contributed by atoms with Crippen LogP contribution in [0, 0.1) is 5.92 Å². The van der Waals surface area contributed by atoms with Crippen LogP contribution in [0.25, 0.3) is 0 Å². The van der Waals surface area contributed by atoms with E-state index >= 15 is 0 Å². The van der Waals surface area contributed by atoms with Crippen LogP contribution in [0.1, 0.15) is 38.5 Å². The van der Waals surface area contributed by atoms with Crippen LogP contribution in [0.15, 0.2) is 0 Å². The van der Waals surface area contributed by atoms with Gasteiger partial charge in [-0.25, -0.2) is 8.42 Å². The molecule has 4 heteroatoms. The Labute approximate surface area is 93.6 Å². The molecule has 1 aliphatic rings. The summed E-state index contributed by atoms with van der Waals surface area (Å²) < 4.78 is 21.7. The van der Waals surface area contributed by atoms with Gasteiger partial charge in [0.15, 0.2) is 0 Å². The Hall–Kier alpha value is -0.0900. The molecule has 0 saturated heterocycles. The standard InChI is InChI=1S/C11H23NO2S/c1-15(13,14)10-4-8-12-9-7-11-5-2-3-6-11/h11-12H,2-10H2,1H3. The van der Waals surface area contributed by atoms with Crippen molar-refractivity contribution in [3.05, 3.63) is 0 Å². The Kier molecular flexibility index (Phi) is 5.61. The molecule has 0 radical (unpaired) electrons. The zero-order valence-corrected chi connectivity index (χ0v) is 10.5. The number of rotatable bonds is 7. The number of sulfone groups is 1. The average Bonchev–Trinajstić information content (AvgIpc) is 2.61. The molecule has 1 fully saturated rings. The molecule has 0 spiro atoms. The lowest BCUT2D eigenvalue weighted by molar-refractivity contribution is 0.477. The van der Waals surface area contributed by atoms with Gasteiger partial charge in [-0.05, 0) is 31.8 Å². The Morgan fingerprint density at radius 1 is 1.20 bits per heavy atom. The lowest BCUT2D eigenvalue weighted by Crippen LogP contribution is -2.20. The number of hydrogen-bond donors (Lipinski definition) is 1. The molecular weight excluding hydrogens is 210 g/mol. The van der Waals surface area contributed by atoms with Gasteiger partial charge in [0.25, 0.3) is 0 Å². The summed E-state index contributed by atoms with van der Waals surface area (Å²) in [6, 6.07) is 0. The summed E-state index contributed by atoms with van der Waals surface area (Å²) in [5.74, 6) is 1.23. The molecule has 90 valence electrons. The van der Waals surface area contributed by atoms with E-state index in [-0.39, 0.29) is 0 Å². The molecule has 0 aromatic heterocycles. The molecule has 0 aromatic rings. The third-order valence-electron chi connectivity index (χ3n) is 3.07. The van der Waals surface area contributed by atoms with Crippen LogP contribution in [-0.4, -0.2) is 33.5 Å². The molecule has 0 atom stereocenters. The highest BCUT2D eigenvalue weighted by Crippen LogP contribution is 2.26. The summed E-state index contributed by atoms with van der Waals surface area (Å²) in [6.45, 7) is 1.88. The van der Waals surface area contributed by atoms with Crippen molar-refractivity contribution >= 4 is 9.84 Å². The number of nitrogens with one attached hydrogen (secondary N) is 1. The van der Waals surface area contributed by atoms with Gasteiger partial charge in [-0.1, -0.05) is 25.7 Å². The molecule has 0 heterocycles. The lowest BCUT2D eigenvalue weighted by atomic mass is 10.0. The van der Waals surface area contributed by atoms with Crippen molar-refractivity contribution in [1.29, 1.82) is 0 Å². The molecule has 0 amide bonds. The smallest absolute Gasteiger partial charge is 0.147 e. The highest BCUT2D eigenvalue weighted by Gasteiger charge is 2.13. The molecule has 0 aromatic carbocycles. The minimum absolute atomic E-state index is 0.309. The summed E-state index contributed by atoms with van der Waals surface area (Å²) in [5.41, 5.74) is 0. The van der Waals surface area contributed by atoms with Gasteiger partial charge in [-0.3, -0.25) is 0 Å². The summed E-state index contributed by atoms with van der Waals surface area (Å²) in [4.78, 5) is 0. The first-order chi connectivity index (χ1) is 7.08. The number of hydrogen-bond acceptors (Lipinski definition) is 3. The predicted octanol–water partition coefficient (Wildman–Crippen LogP) is 1.59. The van der Waals surface area contributed by atoms with E-state index in [0.29, 0.717) is 5.75 Å². The Bertz CT molecular complexity index is 256. The van der Waals surface area contributed by atoms with Crippen molar-refractivity contribution in [2.75, 3.05) is 25.1 Å². The average molecular weight is 233 g/mol. The van der Waals surface area contributed by atoms with Gasteiger partial charge >= 0.3 is 0 Å². The van der Waals surface area contributed by atoms with E-state index in [1.54, 1.807) is 0 Å². The molecule has 1 rings (SSSR count). The third-order valence-corrected chi connectivity index (χ3v) is 4.10. The fraction of sp³-hybridized carbons (Fsp3) is 1.00. The summed E-state index contributed by atoms with van der Waals surface area (Å²) in [5, 5.41) is 3.32. The minimum atomic E-state index is -2.77. The van der Waals surface area contributed by atoms with Crippen LogP contribution in [0.3, 0.4) is 0 Å². The molecule has 0 bridgehead atoms. The fourth-order valence-electron chi connectivity index (χ4n) is 2.19. The van der Waals surface area contributed by atoms with Crippen LogP contribution >= 0.6 is 0 Å². The van der Waals surface area contributed by atoms with E-state index < -0.39 is 9.84 Å². The SMILES string of the molecule is CS(=O)(=O)CCCNCCC1CCCC1. The molecule has 1 aliphatic carbocycles. The van der Waals surface area contributed by atoms with Crippen molar-refractivity contribution < 1.29 is 8.42 Å². The topological polar surface area (TPSA) is 46.2 Å². The van der Waals surface area contributed by atoms with E-state index in [0.717, 1.165) is 25.4 Å². The van der Waals surface area contributed by atoms with Crippen LogP contribution in [-0.2, 0) is 9.84 Å². The Morgan fingerprint density at radius 2 is 1.87 bits per heavy atom. The van der Waals surface area contributed by atoms with Gasteiger partial charge in [0, 0.05) is 6.26 Å². The first-order valence-electron chi connectivity index (χ1n) is 5.96. The maximum absolute atomic E-state index is 10.8. The quantitative estimate of drug-likeness (QED) is 0.679. The second-order valence-corrected chi connectivity index (χ2v) is 6.93. The minimum Gasteiger partial charge on any atom is -0.317 e. The molecule has 1 N–H and O–H groups in total. The van der Waals surface area contributed by atoms with Gasteiger partial charge in [0.1, 0.15) is 9.84 Å². The van der Waals surface area contributed by atoms with Crippen molar-refractivity contribution in [2.24, 2.45) is 5.92 Å². The second-order valence-electron chi connectivity index (χ2n) is 4.67. The molecule has 1 saturated carbocycles. The van der Waals surface area contributed by atoms with Crippen molar-refractivity contribution in [3.63, 3.8) is 0 Å². The molecule has 3 nitrogen and oxygen atoms in total. The third kappa shape index (κ3) is 6.90. The normalized spacial score (nSPS) is 18.5. The van der Waals surface area contributed by atoms with Gasteiger partial charge in [-0.15, -0.1) is 0 Å². The van der Waals surface area contributed by atoms with E-state index in [2.05, 4.69) is 5.32 Å². The summed E-state index contributed by atoms with van der Waals surface area (Å²) >= 11 is 0. The van der Waals surface area contributed by atoms with Crippen LogP contribution in [0.4, 0.5) is 0 Å². The lowest BCUT2D eigenvalue weighted by Gasteiger charge is -2.09. The Morgan fingerprint density at radius 3 is 2.47 bits per heavy atom. The first kappa shape index (κ1) is 13.0. The largest absolute Gasteiger partial charge is 0.317 e. The van der Waals surface area contributed by atoms with Gasteiger partial charge < -0.3 is 5.32 Å². The monoisotopic (exact) mass is 233 g/mol. The predicted molar refractivity (Wildman–Crippen MR) is 63.8 cm³/mol. The summed E-state index contributed by atoms with van der Waals surface area (Å²) in [7, 11) is -2.77.